The fourth-order valence-corrected chi connectivity index (χ4v) is 5.51. The highest BCUT2D eigenvalue weighted by Gasteiger charge is 2.33. The molecule has 6 rings (SSSR count). The average Bonchev–Trinajstić information content (AvgIpc) is 3.23. The Kier molecular flexibility index (Phi) is 5.11. The predicted molar refractivity (Wildman–Crippen MR) is 143 cm³/mol. The monoisotopic (exact) mass is 454 g/mol. The summed E-state index contributed by atoms with van der Waals surface area (Å²) >= 11 is 0. The van der Waals surface area contributed by atoms with Gasteiger partial charge in [-0.3, -0.25) is 0 Å². The molecule has 0 bridgehead atoms. The van der Waals surface area contributed by atoms with Crippen LogP contribution in [0.5, 0.6) is 0 Å². The summed E-state index contributed by atoms with van der Waals surface area (Å²) < 4.78 is 4.62. The first-order valence-corrected chi connectivity index (χ1v) is 12.3. The first-order valence-electron chi connectivity index (χ1n) is 12.3. The molecule has 0 fully saturated rings. The van der Waals surface area contributed by atoms with Gasteiger partial charge in [-0.15, -0.1) is 0 Å². The molecule has 0 saturated carbocycles. The molecule has 170 valence electrons. The van der Waals surface area contributed by atoms with Crippen molar-refractivity contribution in [2.24, 2.45) is 14.1 Å². The number of aryl methyl sites for hydroxylation is 3. The van der Waals surface area contributed by atoms with Crippen molar-refractivity contribution in [3.63, 3.8) is 0 Å². The van der Waals surface area contributed by atoms with E-state index in [0.29, 0.717) is 0 Å². The third-order valence-electron chi connectivity index (χ3n) is 7.44. The van der Waals surface area contributed by atoms with Crippen LogP contribution in [0.15, 0.2) is 97.2 Å². The van der Waals surface area contributed by atoms with Crippen molar-refractivity contribution < 1.29 is 9.13 Å². The Morgan fingerprint density at radius 1 is 0.629 bits per heavy atom. The van der Waals surface area contributed by atoms with Crippen LogP contribution in [0.4, 0.5) is 0 Å². The van der Waals surface area contributed by atoms with Gasteiger partial charge in [0, 0.05) is 23.8 Å². The van der Waals surface area contributed by atoms with E-state index in [2.05, 4.69) is 134 Å². The number of nitrogens with zero attached hydrogens (tertiary/aromatic N) is 2. The second kappa shape index (κ2) is 8.32. The molecule has 0 atom stereocenters. The third kappa shape index (κ3) is 3.57. The lowest BCUT2D eigenvalue weighted by Crippen LogP contribution is -2.40. The highest BCUT2D eigenvalue weighted by atomic mass is 15.0. The molecule has 1 aliphatic carbocycles. The van der Waals surface area contributed by atoms with E-state index in [1.807, 2.05) is 0 Å². The predicted octanol–water partition coefficient (Wildman–Crippen LogP) is 6.52. The Morgan fingerprint density at radius 3 is 2.17 bits per heavy atom. The Labute approximate surface area is 207 Å². The number of hydrogen-bond donors (Lipinski definition) is 0. The summed E-state index contributed by atoms with van der Waals surface area (Å²) in [4.78, 5) is 0. The van der Waals surface area contributed by atoms with Gasteiger partial charge < -0.3 is 0 Å². The molecule has 35 heavy (non-hydrogen) atoms. The molecule has 0 unspecified atom stereocenters. The summed E-state index contributed by atoms with van der Waals surface area (Å²) in [5.74, 6) is 0. The Morgan fingerprint density at radius 2 is 1.37 bits per heavy atom. The molecular formula is C33H30N2+2. The number of pyridine rings is 2. The van der Waals surface area contributed by atoms with Crippen LogP contribution in [0.1, 0.15) is 22.3 Å². The molecule has 2 aromatic heterocycles. The van der Waals surface area contributed by atoms with E-state index < -0.39 is 0 Å². The third-order valence-corrected chi connectivity index (χ3v) is 7.44. The number of fused-ring (bicyclic) bond motifs is 3. The normalized spacial score (nSPS) is 11.9. The second-order valence-electron chi connectivity index (χ2n) is 9.76. The summed E-state index contributed by atoms with van der Waals surface area (Å²) in [5, 5.41) is 0. The number of hydrogen-bond acceptors (Lipinski definition) is 0. The molecule has 0 amide bonds. The van der Waals surface area contributed by atoms with Crippen LogP contribution in [0.25, 0.3) is 44.9 Å². The van der Waals surface area contributed by atoms with Gasteiger partial charge in [-0.05, 0) is 65.8 Å². The van der Waals surface area contributed by atoms with Crippen molar-refractivity contribution in [1.29, 1.82) is 0 Å². The van der Waals surface area contributed by atoms with Crippen molar-refractivity contribution in [1.82, 2.24) is 0 Å². The lowest BCUT2D eigenvalue weighted by Gasteiger charge is -2.10. The smallest absolute Gasteiger partial charge is 0.195 e. The molecule has 2 heteroatoms. The van der Waals surface area contributed by atoms with E-state index in [1.165, 1.54) is 67.2 Å². The van der Waals surface area contributed by atoms with Crippen LogP contribution >= 0.6 is 0 Å². The number of benzene rings is 3. The SMILES string of the molecule is Cc1ccc(-c2ccc3c(c2)Cc2cc[n+](C)c(-c4cccc(-c5ccccc5C)[n+]4C)c2-3)cc1. The van der Waals surface area contributed by atoms with Gasteiger partial charge in [0.2, 0.25) is 5.69 Å². The molecule has 3 aromatic carbocycles. The van der Waals surface area contributed by atoms with Crippen molar-refractivity contribution in [3.05, 3.63) is 119 Å². The summed E-state index contributed by atoms with van der Waals surface area (Å²) in [6.07, 6.45) is 3.18. The molecule has 5 aromatic rings. The first-order chi connectivity index (χ1) is 17.0. The van der Waals surface area contributed by atoms with Crippen molar-refractivity contribution in [2.75, 3.05) is 0 Å². The molecular weight excluding hydrogens is 424 g/mol. The number of rotatable bonds is 3. The minimum absolute atomic E-state index is 0.972. The quantitative estimate of drug-likeness (QED) is 0.269. The fourth-order valence-electron chi connectivity index (χ4n) is 5.51. The second-order valence-corrected chi connectivity index (χ2v) is 9.76. The molecule has 1 aliphatic rings. The zero-order valence-electron chi connectivity index (χ0n) is 20.8. The van der Waals surface area contributed by atoms with Gasteiger partial charge in [0.05, 0.1) is 5.56 Å². The summed E-state index contributed by atoms with van der Waals surface area (Å²) in [6.45, 7) is 4.32. The summed E-state index contributed by atoms with van der Waals surface area (Å²) in [6, 6.07) is 33.4. The van der Waals surface area contributed by atoms with Crippen molar-refractivity contribution in [3.8, 4) is 44.9 Å². The average molecular weight is 455 g/mol. The lowest BCUT2D eigenvalue weighted by atomic mass is 9.97. The molecule has 2 heterocycles. The maximum Gasteiger partial charge on any atom is 0.285 e. The highest BCUT2D eigenvalue weighted by molar-refractivity contribution is 5.87. The Bertz CT molecular complexity index is 1590. The minimum Gasteiger partial charge on any atom is -0.195 e. The van der Waals surface area contributed by atoms with Crippen LogP contribution < -0.4 is 9.13 Å². The minimum atomic E-state index is 0.972. The molecule has 0 aliphatic heterocycles. The maximum atomic E-state index is 2.38. The van der Waals surface area contributed by atoms with Crippen LogP contribution in [-0.2, 0) is 20.5 Å². The van der Waals surface area contributed by atoms with Gasteiger partial charge in [0.1, 0.15) is 14.1 Å². The van der Waals surface area contributed by atoms with Crippen LogP contribution in [-0.4, -0.2) is 0 Å². The molecule has 0 N–H and O–H groups in total. The van der Waals surface area contributed by atoms with Gasteiger partial charge in [-0.2, -0.15) is 9.13 Å². The Hall–Kier alpha value is -4.04. The van der Waals surface area contributed by atoms with E-state index >= 15 is 0 Å². The standard InChI is InChI=1S/C33H30N2/c1-22-12-14-24(15-13-22)25-16-17-29-27(20-25)21-26-18-19-34(3)33(32(26)29)31-11-7-10-30(35(31)4)28-9-6-5-8-23(28)2/h5-20H,21H2,1-4H3/q+2. The summed E-state index contributed by atoms with van der Waals surface area (Å²) in [5.41, 5.74) is 15.6. The number of aromatic nitrogens is 2. The largest absolute Gasteiger partial charge is 0.285 e. The first kappa shape index (κ1) is 21.5. The van der Waals surface area contributed by atoms with E-state index in [-0.39, 0.29) is 0 Å². The van der Waals surface area contributed by atoms with Gasteiger partial charge in [0.15, 0.2) is 6.20 Å². The molecule has 0 saturated heterocycles. The van der Waals surface area contributed by atoms with E-state index in [0.717, 1.165) is 6.42 Å². The zero-order chi connectivity index (χ0) is 24.1. The van der Waals surface area contributed by atoms with E-state index in [1.54, 1.807) is 0 Å². The summed E-state index contributed by atoms with van der Waals surface area (Å²) in [7, 11) is 4.35. The van der Waals surface area contributed by atoms with Crippen LogP contribution in [0.2, 0.25) is 0 Å². The van der Waals surface area contributed by atoms with Crippen LogP contribution in [0.3, 0.4) is 0 Å². The topological polar surface area (TPSA) is 7.76 Å². The highest BCUT2D eigenvalue weighted by Crippen LogP contribution is 2.42. The lowest BCUT2D eigenvalue weighted by molar-refractivity contribution is -0.685. The molecule has 0 radical (unpaired) electrons. The molecule has 0 spiro atoms. The fraction of sp³-hybridized carbons (Fsp3) is 0.152. The van der Waals surface area contributed by atoms with E-state index in [9.17, 15) is 0 Å². The van der Waals surface area contributed by atoms with Crippen LogP contribution in [0, 0.1) is 13.8 Å². The van der Waals surface area contributed by atoms with Crippen molar-refractivity contribution in [2.45, 2.75) is 20.3 Å². The van der Waals surface area contributed by atoms with E-state index in [4.69, 9.17) is 0 Å². The Balaban J connectivity index is 1.51. The van der Waals surface area contributed by atoms with Gasteiger partial charge in [-0.1, -0.05) is 66.2 Å². The van der Waals surface area contributed by atoms with Crippen molar-refractivity contribution >= 4 is 0 Å². The zero-order valence-corrected chi connectivity index (χ0v) is 20.8. The van der Waals surface area contributed by atoms with Gasteiger partial charge in [-0.25, -0.2) is 0 Å². The maximum absolute atomic E-state index is 2.38. The van der Waals surface area contributed by atoms with Gasteiger partial charge in [0.25, 0.3) is 11.4 Å². The van der Waals surface area contributed by atoms with Gasteiger partial charge >= 0.3 is 0 Å². The molecule has 2 nitrogen and oxygen atoms in total.